The molecular weight excluding hydrogens is 274 g/mol. The monoisotopic (exact) mass is 299 g/mol. The minimum absolute atomic E-state index is 0.0143. The number of nitrogens with one attached hydrogen (secondary N) is 1. The summed E-state index contributed by atoms with van der Waals surface area (Å²) in [7, 11) is 3.58. The second-order valence-electron chi connectivity index (χ2n) is 4.74. The number of hydrogen-bond acceptors (Lipinski definition) is 5. The van der Waals surface area contributed by atoms with Gasteiger partial charge in [0.2, 0.25) is 0 Å². The highest BCUT2D eigenvalue weighted by Gasteiger charge is 2.08. The summed E-state index contributed by atoms with van der Waals surface area (Å²) in [5, 5.41) is 13.0. The Balaban J connectivity index is 2.24. The summed E-state index contributed by atoms with van der Waals surface area (Å²) in [6.07, 6.45) is -0.447. The van der Waals surface area contributed by atoms with Gasteiger partial charge in [-0.15, -0.1) is 11.8 Å². The molecule has 2 N–H and O–H groups in total. The Morgan fingerprint density at radius 2 is 1.95 bits per heavy atom. The van der Waals surface area contributed by atoms with Gasteiger partial charge in [-0.3, -0.25) is 0 Å². The maximum Gasteiger partial charge on any atom is 0.0867 e. The molecule has 0 radical (unpaired) electrons. The molecule has 114 valence electrons. The maximum atomic E-state index is 9.87. The highest BCUT2D eigenvalue weighted by molar-refractivity contribution is 7.99. The molecule has 0 saturated heterocycles. The van der Waals surface area contributed by atoms with Crippen molar-refractivity contribution in [3.63, 3.8) is 0 Å². The lowest BCUT2D eigenvalue weighted by atomic mass is 10.2. The van der Waals surface area contributed by atoms with Gasteiger partial charge >= 0.3 is 0 Å². The average Bonchev–Trinajstić information content (AvgIpc) is 2.45. The lowest BCUT2D eigenvalue weighted by Gasteiger charge is -2.15. The summed E-state index contributed by atoms with van der Waals surface area (Å²) in [6.45, 7) is 3.70. The number of thioether (sulfide) groups is 1. The number of hydrogen-bond donors (Lipinski definition) is 2. The van der Waals surface area contributed by atoms with Gasteiger partial charge in [-0.2, -0.15) is 0 Å². The van der Waals surface area contributed by atoms with Gasteiger partial charge in [0.15, 0.2) is 0 Å². The second kappa shape index (κ2) is 10.2. The maximum absolute atomic E-state index is 9.87. The molecule has 0 aromatic heterocycles. The molecule has 0 amide bonds. The van der Waals surface area contributed by atoms with Gasteiger partial charge < -0.3 is 19.9 Å². The minimum Gasteiger partial charge on any atom is -0.390 e. The molecule has 0 spiro atoms. The molecule has 1 rings (SSSR count). The van der Waals surface area contributed by atoms with Crippen molar-refractivity contribution in [1.29, 1.82) is 0 Å². The molecule has 1 aromatic carbocycles. The van der Waals surface area contributed by atoms with Crippen molar-refractivity contribution in [2.75, 3.05) is 33.1 Å². The zero-order valence-corrected chi connectivity index (χ0v) is 13.3. The molecule has 0 fully saturated rings. The van der Waals surface area contributed by atoms with Gasteiger partial charge in [0.1, 0.15) is 0 Å². The van der Waals surface area contributed by atoms with Crippen molar-refractivity contribution in [3.8, 4) is 0 Å². The Morgan fingerprint density at radius 1 is 1.25 bits per heavy atom. The number of methoxy groups -OCH3 is 1. The Bertz CT molecular complexity index is 359. The topological polar surface area (TPSA) is 50.7 Å². The lowest BCUT2D eigenvalue weighted by molar-refractivity contribution is -0.0257. The third-order valence-corrected chi connectivity index (χ3v) is 3.88. The van der Waals surface area contributed by atoms with E-state index in [4.69, 9.17) is 9.47 Å². The van der Waals surface area contributed by atoms with Crippen LogP contribution in [-0.2, 0) is 16.0 Å². The molecule has 4 nitrogen and oxygen atoms in total. The van der Waals surface area contributed by atoms with Crippen LogP contribution in [0.1, 0.15) is 12.5 Å². The van der Waals surface area contributed by atoms with Crippen LogP contribution in [-0.4, -0.2) is 50.4 Å². The molecule has 0 bridgehead atoms. The van der Waals surface area contributed by atoms with Crippen LogP contribution in [0.5, 0.6) is 0 Å². The van der Waals surface area contributed by atoms with E-state index in [1.165, 1.54) is 5.56 Å². The summed E-state index contributed by atoms with van der Waals surface area (Å²) in [5.41, 5.74) is 1.26. The van der Waals surface area contributed by atoms with Gasteiger partial charge in [-0.1, -0.05) is 12.1 Å². The molecule has 0 saturated carbocycles. The summed E-state index contributed by atoms with van der Waals surface area (Å²) in [6, 6.07) is 8.36. The highest BCUT2D eigenvalue weighted by Crippen LogP contribution is 2.19. The lowest BCUT2D eigenvalue weighted by Crippen LogP contribution is -2.24. The molecule has 0 heterocycles. The van der Waals surface area contributed by atoms with E-state index in [9.17, 15) is 5.11 Å². The van der Waals surface area contributed by atoms with Crippen molar-refractivity contribution in [3.05, 3.63) is 29.8 Å². The Kier molecular flexibility index (Phi) is 8.89. The minimum atomic E-state index is -0.462. The van der Waals surface area contributed by atoms with E-state index >= 15 is 0 Å². The third kappa shape index (κ3) is 7.26. The Labute approximate surface area is 125 Å². The van der Waals surface area contributed by atoms with Crippen molar-refractivity contribution < 1.29 is 14.6 Å². The first kappa shape index (κ1) is 17.5. The highest BCUT2D eigenvalue weighted by atomic mass is 32.2. The largest absolute Gasteiger partial charge is 0.390 e. The predicted molar refractivity (Wildman–Crippen MR) is 83.2 cm³/mol. The molecule has 0 aliphatic carbocycles. The molecule has 0 aliphatic rings. The molecular formula is C15H25NO3S. The fourth-order valence-electron chi connectivity index (χ4n) is 1.71. The van der Waals surface area contributed by atoms with Crippen LogP contribution in [0.2, 0.25) is 0 Å². The number of ether oxygens (including phenoxy) is 2. The first-order valence-electron chi connectivity index (χ1n) is 6.80. The number of aliphatic hydroxyl groups is 1. The zero-order valence-electron chi connectivity index (χ0n) is 12.5. The van der Waals surface area contributed by atoms with Crippen molar-refractivity contribution in [2.24, 2.45) is 0 Å². The van der Waals surface area contributed by atoms with Crippen LogP contribution < -0.4 is 5.32 Å². The van der Waals surface area contributed by atoms with Crippen LogP contribution in [0.4, 0.5) is 0 Å². The molecule has 5 heteroatoms. The zero-order chi connectivity index (χ0) is 14.8. The van der Waals surface area contributed by atoms with E-state index in [2.05, 4.69) is 29.6 Å². The van der Waals surface area contributed by atoms with Crippen LogP contribution in [0.25, 0.3) is 0 Å². The third-order valence-electron chi connectivity index (χ3n) is 2.72. The van der Waals surface area contributed by atoms with E-state index in [1.807, 2.05) is 14.0 Å². The summed E-state index contributed by atoms with van der Waals surface area (Å²) in [5.74, 6) is 0.630. The van der Waals surface area contributed by atoms with Gasteiger partial charge in [-0.05, 0) is 31.7 Å². The van der Waals surface area contributed by atoms with Gasteiger partial charge in [0.25, 0.3) is 0 Å². The van der Waals surface area contributed by atoms with Gasteiger partial charge in [0, 0.05) is 24.3 Å². The normalized spacial score (nSPS) is 14.2. The Morgan fingerprint density at radius 3 is 2.55 bits per heavy atom. The number of benzene rings is 1. The van der Waals surface area contributed by atoms with Crippen LogP contribution >= 0.6 is 11.8 Å². The van der Waals surface area contributed by atoms with Crippen LogP contribution in [0, 0.1) is 0 Å². The van der Waals surface area contributed by atoms with Crippen molar-refractivity contribution in [2.45, 2.75) is 30.6 Å². The summed E-state index contributed by atoms with van der Waals surface area (Å²) in [4.78, 5) is 1.16. The standard InChI is InChI=1S/C15H25NO3S/c1-12(9-18-3)19-10-14(17)11-20-15-6-4-13(5-7-15)8-16-2/h4-7,12,14,16-17H,8-11H2,1-3H3. The van der Waals surface area contributed by atoms with E-state index in [0.29, 0.717) is 19.0 Å². The first-order chi connectivity index (χ1) is 9.65. The summed E-state index contributed by atoms with van der Waals surface area (Å²) < 4.78 is 10.5. The van der Waals surface area contributed by atoms with Crippen LogP contribution in [0.3, 0.4) is 0 Å². The molecule has 2 unspecified atom stereocenters. The van der Waals surface area contributed by atoms with E-state index < -0.39 is 6.10 Å². The predicted octanol–water partition coefficient (Wildman–Crippen LogP) is 1.91. The van der Waals surface area contributed by atoms with Gasteiger partial charge in [0.05, 0.1) is 25.4 Å². The van der Waals surface area contributed by atoms with Crippen LogP contribution in [0.15, 0.2) is 29.2 Å². The van der Waals surface area contributed by atoms with E-state index in [1.54, 1.807) is 18.9 Å². The summed E-state index contributed by atoms with van der Waals surface area (Å²) >= 11 is 1.64. The van der Waals surface area contributed by atoms with Gasteiger partial charge in [-0.25, -0.2) is 0 Å². The molecule has 0 aliphatic heterocycles. The number of aliphatic hydroxyl groups excluding tert-OH is 1. The molecule has 20 heavy (non-hydrogen) atoms. The quantitative estimate of drug-likeness (QED) is 0.646. The molecule has 1 aromatic rings. The Hall–Kier alpha value is -0.590. The van der Waals surface area contributed by atoms with Crippen molar-refractivity contribution >= 4 is 11.8 Å². The first-order valence-corrected chi connectivity index (χ1v) is 7.79. The van der Waals surface area contributed by atoms with Crippen molar-refractivity contribution in [1.82, 2.24) is 5.32 Å². The van der Waals surface area contributed by atoms with E-state index in [0.717, 1.165) is 11.4 Å². The van der Waals surface area contributed by atoms with E-state index in [-0.39, 0.29) is 6.10 Å². The fourth-order valence-corrected chi connectivity index (χ4v) is 2.52. The number of rotatable bonds is 10. The SMILES string of the molecule is CNCc1ccc(SCC(O)COC(C)COC)cc1. The average molecular weight is 299 g/mol. The fraction of sp³-hybridized carbons (Fsp3) is 0.600. The second-order valence-corrected chi connectivity index (χ2v) is 5.83. The smallest absolute Gasteiger partial charge is 0.0867 e. The molecule has 2 atom stereocenters.